The van der Waals surface area contributed by atoms with E-state index >= 15 is 0 Å². The highest BCUT2D eigenvalue weighted by Gasteiger charge is 2.14. The van der Waals surface area contributed by atoms with Gasteiger partial charge >= 0.3 is 0 Å². The lowest BCUT2D eigenvalue weighted by Crippen LogP contribution is -2.01. The number of imidazole rings is 1. The quantitative estimate of drug-likeness (QED) is 0.751. The predicted octanol–water partition coefficient (Wildman–Crippen LogP) is 1.17. The van der Waals surface area contributed by atoms with Crippen molar-refractivity contribution in [2.75, 3.05) is 6.26 Å². The molecule has 0 fully saturated rings. The minimum absolute atomic E-state index is 0.504. The molecule has 0 radical (unpaired) electrons. The highest BCUT2D eigenvalue weighted by atomic mass is 32.2. The van der Waals surface area contributed by atoms with E-state index in [1.54, 1.807) is 24.8 Å². The van der Waals surface area contributed by atoms with Crippen molar-refractivity contribution in [3.63, 3.8) is 0 Å². The average molecular weight is 261 g/mol. The number of nitrogens with zero attached hydrogens (tertiary/aromatic N) is 4. The summed E-state index contributed by atoms with van der Waals surface area (Å²) in [6, 6.07) is 0. The summed E-state index contributed by atoms with van der Waals surface area (Å²) in [6.07, 6.45) is 8.73. The molecule has 3 aromatic heterocycles. The van der Waals surface area contributed by atoms with Gasteiger partial charge in [0.2, 0.25) is 0 Å². The summed E-state index contributed by atoms with van der Waals surface area (Å²) >= 11 is 0. The molecule has 0 aliphatic rings. The van der Waals surface area contributed by atoms with Gasteiger partial charge in [-0.15, -0.1) is 0 Å². The zero-order valence-electron chi connectivity index (χ0n) is 9.91. The number of H-pyrrole nitrogens is 1. The Kier molecular flexibility index (Phi) is 2.48. The van der Waals surface area contributed by atoms with Gasteiger partial charge in [-0.2, -0.15) is 5.10 Å². The number of fused-ring (bicyclic) bond motifs is 1. The normalized spacial score (nSPS) is 13.0. The third kappa shape index (κ3) is 1.63. The molecule has 7 heteroatoms. The molecule has 3 rings (SSSR count). The van der Waals surface area contributed by atoms with Crippen LogP contribution in [0.5, 0.6) is 0 Å². The van der Waals surface area contributed by atoms with Crippen molar-refractivity contribution in [1.29, 1.82) is 0 Å². The van der Waals surface area contributed by atoms with Crippen molar-refractivity contribution in [2.24, 2.45) is 0 Å². The van der Waals surface area contributed by atoms with Gasteiger partial charge in [-0.3, -0.25) is 13.7 Å². The number of hydrogen-bond acceptors (Lipinski definition) is 4. The van der Waals surface area contributed by atoms with Crippen molar-refractivity contribution >= 4 is 16.4 Å². The Morgan fingerprint density at radius 2 is 2.22 bits per heavy atom. The molecule has 0 saturated carbocycles. The Morgan fingerprint density at radius 1 is 1.39 bits per heavy atom. The molecule has 0 saturated heterocycles. The van der Waals surface area contributed by atoms with Gasteiger partial charge in [0, 0.05) is 24.2 Å². The summed E-state index contributed by atoms with van der Waals surface area (Å²) in [5.41, 5.74) is 3.25. The summed E-state index contributed by atoms with van der Waals surface area (Å²) in [6.45, 7) is 1.87. The van der Waals surface area contributed by atoms with Gasteiger partial charge in [0.15, 0.2) is 10.7 Å². The summed E-state index contributed by atoms with van der Waals surface area (Å²) in [5, 5.41) is 7.20. The van der Waals surface area contributed by atoms with Crippen LogP contribution in [-0.4, -0.2) is 35.0 Å². The molecule has 3 heterocycles. The van der Waals surface area contributed by atoms with Crippen molar-refractivity contribution < 1.29 is 4.21 Å². The van der Waals surface area contributed by atoms with Gasteiger partial charge in [0.1, 0.15) is 0 Å². The summed E-state index contributed by atoms with van der Waals surface area (Å²) in [7, 11) is -1.17. The average Bonchev–Trinajstić information content (AvgIpc) is 2.94. The second-order valence-corrected chi connectivity index (χ2v) is 5.26. The van der Waals surface area contributed by atoms with E-state index in [0.717, 1.165) is 17.0 Å². The van der Waals surface area contributed by atoms with Crippen LogP contribution in [0.2, 0.25) is 0 Å². The fourth-order valence-electron chi connectivity index (χ4n) is 1.87. The minimum Gasteiger partial charge on any atom is -0.295 e. The Hall–Kier alpha value is -2.02. The van der Waals surface area contributed by atoms with E-state index in [2.05, 4.69) is 20.2 Å². The maximum atomic E-state index is 11.7. The molecular weight excluding hydrogens is 250 g/mol. The van der Waals surface area contributed by atoms with Gasteiger partial charge in [-0.25, -0.2) is 9.97 Å². The third-order valence-electron chi connectivity index (χ3n) is 2.65. The molecule has 0 aliphatic carbocycles. The van der Waals surface area contributed by atoms with Crippen LogP contribution in [0.4, 0.5) is 0 Å². The number of nitrogens with one attached hydrogen (secondary N) is 1. The number of rotatable bonds is 2. The van der Waals surface area contributed by atoms with Gasteiger partial charge in [-0.05, 0) is 6.92 Å². The topological polar surface area (TPSA) is 75.9 Å². The monoisotopic (exact) mass is 261 g/mol. The molecule has 0 aromatic carbocycles. The molecule has 6 nitrogen and oxygen atoms in total. The van der Waals surface area contributed by atoms with Gasteiger partial charge in [-0.1, -0.05) is 0 Å². The van der Waals surface area contributed by atoms with Crippen LogP contribution >= 0.6 is 0 Å². The van der Waals surface area contributed by atoms with Gasteiger partial charge in [0.05, 0.1) is 34.6 Å². The minimum atomic E-state index is -1.17. The summed E-state index contributed by atoms with van der Waals surface area (Å²) in [4.78, 5) is 8.59. The summed E-state index contributed by atoms with van der Waals surface area (Å²) in [5.74, 6) is 0. The van der Waals surface area contributed by atoms with E-state index in [4.69, 9.17) is 0 Å². The number of aromatic nitrogens is 5. The van der Waals surface area contributed by atoms with Gasteiger partial charge < -0.3 is 0 Å². The summed E-state index contributed by atoms with van der Waals surface area (Å²) < 4.78 is 13.6. The second kappa shape index (κ2) is 4.02. The van der Waals surface area contributed by atoms with Crippen molar-refractivity contribution in [1.82, 2.24) is 24.6 Å². The molecule has 3 aromatic rings. The standard InChI is InChI=1S/C11H11N5OS/c1-7-6-16-9(8-3-13-14-4-8)5-12-10(16)11(15-7)18(2)17/h3-6H,1-2H3,(H,13,14). The molecular formula is C11H11N5OS. The van der Waals surface area contributed by atoms with E-state index in [1.165, 1.54) is 0 Å². The largest absolute Gasteiger partial charge is 0.295 e. The molecule has 18 heavy (non-hydrogen) atoms. The molecule has 0 bridgehead atoms. The van der Waals surface area contributed by atoms with Gasteiger partial charge in [0.25, 0.3) is 0 Å². The van der Waals surface area contributed by atoms with Crippen molar-refractivity contribution in [3.8, 4) is 11.3 Å². The highest BCUT2D eigenvalue weighted by molar-refractivity contribution is 7.84. The molecule has 92 valence electrons. The van der Waals surface area contributed by atoms with Crippen LogP contribution in [0.3, 0.4) is 0 Å². The number of hydrogen-bond donors (Lipinski definition) is 1. The zero-order chi connectivity index (χ0) is 12.7. The lowest BCUT2D eigenvalue weighted by Gasteiger charge is -2.04. The highest BCUT2D eigenvalue weighted by Crippen LogP contribution is 2.22. The van der Waals surface area contributed by atoms with E-state index in [-0.39, 0.29) is 0 Å². The van der Waals surface area contributed by atoms with Crippen LogP contribution in [0, 0.1) is 6.92 Å². The van der Waals surface area contributed by atoms with E-state index in [9.17, 15) is 4.21 Å². The Morgan fingerprint density at radius 3 is 2.89 bits per heavy atom. The number of aromatic amines is 1. The van der Waals surface area contributed by atoms with E-state index in [0.29, 0.717) is 10.7 Å². The Labute approximate surface area is 106 Å². The molecule has 0 spiro atoms. The lowest BCUT2D eigenvalue weighted by molar-refractivity contribution is 0.683. The third-order valence-corrected chi connectivity index (χ3v) is 3.47. The first-order valence-electron chi connectivity index (χ1n) is 5.34. The molecule has 1 atom stereocenters. The second-order valence-electron chi connectivity index (χ2n) is 3.97. The Bertz CT molecular complexity index is 731. The molecule has 0 amide bonds. The lowest BCUT2D eigenvalue weighted by atomic mass is 10.3. The van der Waals surface area contributed by atoms with Crippen molar-refractivity contribution in [3.05, 3.63) is 30.5 Å². The maximum Gasteiger partial charge on any atom is 0.172 e. The zero-order valence-corrected chi connectivity index (χ0v) is 10.7. The van der Waals surface area contributed by atoms with Crippen LogP contribution < -0.4 is 0 Å². The van der Waals surface area contributed by atoms with Crippen LogP contribution in [-0.2, 0) is 10.8 Å². The fraction of sp³-hybridized carbons (Fsp3) is 0.182. The van der Waals surface area contributed by atoms with Crippen LogP contribution in [0.15, 0.2) is 29.8 Å². The fourth-order valence-corrected chi connectivity index (χ4v) is 2.55. The van der Waals surface area contributed by atoms with Crippen molar-refractivity contribution in [2.45, 2.75) is 11.9 Å². The van der Waals surface area contributed by atoms with Crippen LogP contribution in [0.1, 0.15) is 5.69 Å². The molecule has 0 aliphatic heterocycles. The smallest absolute Gasteiger partial charge is 0.172 e. The first kappa shape index (κ1) is 11.1. The van der Waals surface area contributed by atoms with E-state index in [1.807, 2.05) is 17.5 Å². The first-order valence-corrected chi connectivity index (χ1v) is 6.90. The molecule has 1 unspecified atom stereocenters. The Balaban J connectivity index is 2.35. The molecule has 1 N–H and O–H groups in total. The van der Waals surface area contributed by atoms with E-state index < -0.39 is 10.8 Å². The number of aryl methyl sites for hydroxylation is 1. The SMILES string of the molecule is Cc1cn2c(-c3cn[nH]c3)cnc2c(S(C)=O)n1. The maximum absolute atomic E-state index is 11.7. The first-order chi connectivity index (χ1) is 8.66. The van der Waals surface area contributed by atoms with Crippen LogP contribution in [0.25, 0.3) is 16.9 Å². The predicted molar refractivity (Wildman–Crippen MR) is 67.6 cm³/mol.